The van der Waals surface area contributed by atoms with Crippen LogP contribution in [0.3, 0.4) is 0 Å². The van der Waals surface area contributed by atoms with Crippen molar-refractivity contribution in [1.82, 2.24) is 15.2 Å². The Bertz CT molecular complexity index is 872. The van der Waals surface area contributed by atoms with E-state index in [4.69, 9.17) is 0 Å². The molecule has 3 aromatic rings. The lowest BCUT2D eigenvalue weighted by molar-refractivity contribution is 0.0937. The van der Waals surface area contributed by atoms with Crippen LogP contribution in [0.5, 0.6) is 0 Å². The van der Waals surface area contributed by atoms with E-state index in [1.165, 1.54) is 28.0 Å². The van der Waals surface area contributed by atoms with E-state index >= 15 is 0 Å². The monoisotopic (exact) mass is 379 g/mol. The predicted molar refractivity (Wildman–Crippen MR) is 111 cm³/mol. The fourth-order valence-electron chi connectivity index (χ4n) is 2.93. The molecule has 0 aliphatic rings. The van der Waals surface area contributed by atoms with Crippen LogP contribution in [0, 0.1) is 6.92 Å². The van der Waals surface area contributed by atoms with Gasteiger partial charge in [0.05, 0.1) is 11.0 Å². The second-order valence-electron chi connectivity index (χ2n) is 6.89. The number of benzene rings is 2. The Morgan fingerprint density at radius 1 is 1.11 bits per heavy atom. The maximum Gasteiger partial charge on any atom is 0.270 e. The van der Waals surface area contributed by atoms with Crippen LogP contribution in [-0.4, -0.2) is 36.4 Å². The number of likely N-dealkylation sites (N-methyl/N-ethyl adjacent to an activating group) is 1. The number of carbonyl (C=O) groups is 1. The van der Waals surface area contributed by atoms with Crippen molar-refractivity contribution in [3.8, 4) is 0 Å². The maximum absolute atomic E-state index is 12.5. The summed E-state index contributed by atoms with van der Waals surface area (Å²) in [7, 11) is 4.05. The number of rotatable bonds is 7. The highest BCUT2D eigenvalue weighted by Crippen LogP contribution is 2.19. The quantitative estimate of drug-likeness (QED) is 0.673. The summed E-state index contributed by atoms with van der Waals surface area (Å²) >= 11 is 1.53. The van der Waals surface area contributed by atoms with E-state index in [2.05, 4.69) is 58.5 Å². The summed E-state index contributed by atoms with van der Waals surface area (Å²) in [4.78, 5) is 19.2. The Kier molecular flexibility index (Phi) is 6.37. The molecule has 1 unspecified atom stereocenters. The van der Waals surface area contributed by atoms with Gasteiger partial charge in [0.15, 0.2) is 0 Å². The van der Waals surface area contributed by atoms with Gasteiger partial charge in [-0.05, 0) is 32.1 Å². The first-order valence-corrected chi connectivity index (χ1v) is 9.90. The summed E-state index contributed by atoms with van der Waals surface area (Å²) in [6.07, 6.45) is 0.752. The summed E-state index contributed by atoms with van der Waals surface area (Å²) in [5.41, 5.74) is 4.11. The maximum atomic E-state index is 12.5. The molecule has 0 radical (unpaired) electrons. The van der Waals surface area contributed by atoms with Crippen LogP contribution in [0.15, 0.2) is 60.0 Å². The van der Waals surface area contributed by atoms with Gasteiger partial charge in [-0.15, -0.1) is 11.3 Å². The fraction of sp³-hybridized carbons (Fsp3) is 0.273. The summed E-state index contributed by atoms with van der Waals surface area (Å²) in [6.45, 7) is 2.62. The SMILES string of the molecule is Cc1ccc(C(CNC(=O)c2csc(Cc3ccccc3)n2)N(C)C)cc1. The lowest BCUT2D eigenvalue weighted by Crippen LogP contribution is -2.34. The lowest BCUT2D eigenvalue weighted by Gasteiger charge is -2.25. The third-order valence-electron chi connectivity index (χ3n) is 4.52. The van der Waals surface area contributed by atoms with Gasteiger partial charge in [0.2, 0.25) is 0 Å². The van der Waals surface area contributed by atoms with Crippen LogP contribution in [0.2, 0.25) is 0 Å². The molecule has 0 aliphatic carbocycles. The molecule has 1 aromatic heterocycles. The van der Waals surface area contributed by atoms with E-state index in [1.54, 1.807) is 0 Å². The van der Waals surface area contributed by atoms with E-state index in [0.717, 1.165) is 11.4 Å². The normalized spacial score (nSPS) is 12.1. The first-order valence-electron chi connectivity index (χ1n) is 9.02. The molecule has 4 nitrogen and oxygen atoms in total. The van der Waals surface area contributed by atoms with Crippen LogP contribution >= 0.6 is 11.3 Å². The standard InChI is InChI=1S/C22H25N3OS/c1-16-9-11-18(12-10-16)20(25(2)3)14-23-22(26)19-15-27-21(24-19)13-17-7-5-4-6-8-17/h4-12,15,20H,13-14H2,1-3H3,(H,23,26). The summed E-state index contributed by atoms with van der Waals surface area (Å²) in [6, 6.07) is 18.7. The highest BCUT2D eigenvalue weighted by molar-refractivity contribution is 7.09. The third-order valence-corrected chi connectivity index (χ3v) is 5.37. The molecule has 140 valence electrons. The van der Waals surface area contributed by atoms with E-state index in [1.807, 2.05) is 37.7 Å². The first-order chi connectivity index (χ1) is 13.0. The Morgan fingerprint density at radius 2 is 1.81 bits per heavy atom. The van der Waals surface area contributed by atoms with Crippen LogP contribution < -0.4 is 5.32 Å². The second kappa shape index (κ2) is 8.93. The molecule has 27 heavy (non-hydrogen) atoms. The number of aryl methyl sites for hydroxylation is 1. The molecule has 1 amide bonds. The van der Waals surface area contributed by atoms with Crippen molar-refractivity contribution in [1.29, 1.82) is 0 Å². The van der Waals surface area contributed by atoms with Gasteiger partial charge in [-0.1, -0.05) is 60.2 Å². The minimum atomic E-state index is -0.121. The Balaban J connectivity index is 1.62. The molecular weight excluding hydrogens is 354 g/mol. The Morgan fingerprint density at radius 3 is 2.48 bits per heavy atom. The molecule has 1 atom stereocenters. The zero-order chi connectivity index (χ0) is 19.2. The number of nitrogens with zero attached hydrogens (tertiary/aromatic N) is 2. The first kappa shape index (κ1) is 19.3. The van der Waals surface area contributed by atoms with Crippen molar-refractivity contribution in [2.24, 2.45) is 0 Å². The highest BCUT2D eigenvalue weighted by atomic mass is 32.1. The molecule has 1 heterocycles. The molecule has 0 spiro atoms. The smallest absolute Gasteiger partial charge is 0.270 e. The van der Waals surface area contributed by atoms with Crippen LogP contribution in [0.4, 0.5) is 0 Å². The van der Waals surface area contributed by atoms with Gasteiger partial charge < -0.3 is 10.2 Å². The van der Waals surface area contributed by atoms with E-state index in [9.17, 15) is 4.79 Å². The van der Waals surface area contributed by atoms with Gasteiger partial charge in [-0.25, -0.2) is 4.98 Å². The van der Waals surface area contributed by atoms with Crippen molar-refractivity contribution in [2.75, 3.05) is 20.6 Å². The van der Waals surface area contributed by atoms with Gasteiger partial charge >= 0.3 is 0 Å². The fourth-order valence-corrected chi connectivity index (χ4v) is 3.74. The molecule has 0 saturated carbocycles. The van der Waals surface area contributed by atoms with Crippen LogP contribution in [0.1, 0.15) is 38.2 Å². The van der Waals surface area contributed by atoms with Gasteiger partial charge in [-0.2, -0.15) is 0 Å². The Hall–Kier alpha value is -2.50. The minimum absolute atomic E-state index is 0.121. The van der Waals surface area contributed by atoms with Crippen molar-refractivity contribution >= 4 is 17.2 Å². The Labute approximate surface area is 164 Å². The van der Waals surface area contributed by atoms with Gasteiger partial charge in [0.25, 0.3) is 5.91 Å². The number of carbonyl (C=O) groups excluding carboxylic acids is 1. The molecule has 3 rings (SSSR count). The number of hydrogen-bond donors (Lipinski definition) is 1. The molecule has 0 aliphatic heterocycles. The number of amides is 1. The average molecular weight is 380 g/mol. The molecule has 0 saturated heterocycles. The van der Waals surface area contributed by atoms with Crippen molar-refractivity contribution in [3.63, 3.8) is 0 Å². The number of thiazole rings is 1. The zero-order valence-electron chi connectivity index (χ0n) is 16.0. The lowest BCUT2D eigenvalue weighted by atomic mass is 10.0. The van der Waals surface area contributed by atoms with Crippen molar-refractivity contribution < 1.29 is 4.79 Å². The minimum Gasteiger partial charge on any atom is -0.349 e. The van der Waals surface area contributed by atoms with E-state index in [0.29, 0.717) is 12.2 Å². The molecular formula is C22H25N3OS. The zero-order valence-corrected chi connectivity index (χ0v) is 16.8. The van der Waals surface area contributed by atoms with Crippen molar-refractivity contribution in [2.45, 2.75) is 19.4 Å². The number of hydrogen-bond acceptors (Lipinski definition) is 4. The molecule has 2 aromatic carbocycles. The average Bonchev–Trinajstić information content (AvgIpc) is 3.12. The van der Waals surface area contributed by atoms with E-state index in [-0.39, 0.29) is 11.9 Å². The number of aromatic nitrogens is 1. The molecule has 1 N–H and O–H groups in total. The molecule has 5 heteroatoms. The van der Waals surface area contributed by atoms with Gasteiger partial charge in [-0.3, -0.25) is 4.79 Å². The van der Waals surface area contributed by atoms with Crippen LogP contribution in [0.25, 0.3) is 0 Å². The second-order valence-corrected chi connectivity index (χ2v) is 7.83. The third kappa shape index (κ3) is 5.25. The summed E-state index contributed by atoms with van der Waals surface area (Å²) < 4.78 is 0. The predicted octanol–water partition coefficient (Wildman–Crippen LogP) is 4.08. The molecule has 0 bridgehead atoms. The van der Waals surface area contributed by atoms with Crippen LogP contribution in [-0.2, 0) is 6.42 Å². The summed E-state index contributed by atoms with van der Waals surface area (Å²) in [5, 5.41) is 5.82. The van der Waals surface area contributed by atoms with E-state index < -0.39 is 0 Å². The molecule has 0 fully saturated rings. The number of nitrogens with one attached hydrogen (secondary N) is 1. The highest BCUT2D eigenvalue weighted by Gasteiger charge is 2.17. The topological polar surface area (TPSA) is 45.2 Å². The summed E-state index contributed by atoms with van der Waals surface area (Å²) in [5.74, 6) is -0.121. The van der Waals surface area contributed by atoms with Gasteiger partial charge in [0.1, 0.15) is 5.69 Å². The van der Waals surface area contributed by atoms with Crippen molar-refractivity contribution in [3.05, 3.63) is 87.4 Å². The van der Waals surface area contributed by atoms with Gasteiger partial charge in [0, 0.05) is 18.3 Å². The largest absolute Gasteiger partial charge is 0.349 e.